The Morgan fingerprint density at radius 3 is 1.13 bits per heavy atom. The highest BCUT2D eigenvalue weighted by molar-refractivity contribution is 5.47. The third-order valence-electron chi connectivity index (χ3n) is 7.22. The molecule has 180 valence electrons. The molecule has 0 bridgehead atoms. The van der Waals surface area contributed by atoms with Gasteiger partial charge < -0.3 is 0 Å². The van der Waals surface area contributed by atoms with Crippen molar-refractivity contribution < 1.29 is 9.59 Å². The summed E-state index contributed by atoms with van der Waals surface area (Å²) in [6.45, 7) is 23.7. The van der Waals surface area contributed by atoms with Crippen molar-refractivity contribution in [1.82, 2.24) is 20.0 Å². The van der Waals surface area contributed by atoms with Gasteiger partial charge in [-0.1, -0.05) is 13.8 Å². The summed E-state index contributed by atoms with van der Waals surface area (Å²) in [7, 11) is 0. The topological polar surface area (TPSA) is 47.1 Å². The summed E-state index contributed by atoms with van der Waals surface area (Å²) in [5.74, 6) is 1.26. The predicted molar refractivity (Wildman–Crippen MR) is 127 cm³/mol. The van der Waals surface area contributed by atoms with Crippen molar-refractivity contribution in [2.45, 2.75) is 123 Å². The third-order valence-corrected chi connectivity index (χ3v) is 7.22. The molecule has 6 nitrogen and oxygen atoms in total. The van der Waals surface area contributed by atoms with Crippen molar-refractivity contribution in [1.29, 1.82) is 0 Å². The van der Waals surface area contributed by atoms with Gasteiger partial charge in [0.15, 0.2) is 0 Å². The number of carbonyl (C=O) groups is 2. The van der Waals surface area contributed by atoms with E-state index in [0.717, 1.165) is 44.9 Å². The molecule has 0 unspecified atom stereocenters. The quantitative estimate of drug-likeness (QED) is 0.517. The van der Waals surface area contributed by atoms with Crippen molar-refractivity contribution in [3.8, 4) is 0 Å². The molecule has 0 aromatic carbocycles. The zero-order valence-corrected chi connectivity index (χ0v) is 21.9. The molecule has 2 saturated heterocycles. The van der Waals surface area contributed by atoms with Gasteiger partial charge in [-0.3, -0.25) is 19.6 Å². The number of hydrogen-bond donors (Lipinski definition) is 0. The second-order valence-electron chi connectivity index (χ2n) is 12.8. The van der Waals surface area contributed by atoms with Crippen LogP contribution in [0.2, 0.25) is 0 Å². The average Bonchev–Trinajstić information content (AvgIpc) is 2.54. The molecule has 0 aliphatic carbocycles. The first kappa shape index (κ1) is 26.1. The van der Waals surface area contributed by atoms with Crippen LogP contribution < -0.4 is 0 Å². The summed E-state index contributed by atoms with van der Waals surface area (Å²) >= 11 is 0. The van der Waals surface area contributed by atoms with Crippen LogP contribution in [0.15, 0.2) is 0 Å². The van der Waals surface area contributed by atoms with Crippen LogP contribution >= 0.6 is 0 Å². The molecule has 0 atom stereocenters. The van der Waals surface area contributed by atoms with Gasteiger partial charge in [-0.25, -0.2) is 10.0 Å². The second kappa shape index (κ2) is 9.01. The number of piperidine rings is 2. The maximum atomic E-state index is 12.1. The lowest BCUT2D eigenvalue weighted by Crippen LogP contribution is -2.67. The molecule has 2 rings (SSSR count). The molecule has 0 aromatic rings. The first-order valence-corrected chi connectivity index (χ1v) is 12.1. The highest BCUT2D eigenvalue weighted by Crippen LogP contribution is 2.43. The van der Waals surface area contributed by atoms with E-state index in [4.69, 9.17) is 0 Å². The van der Waals surface area contributed by atoms with E-state index in [-0.39, 0.29) is 22.2 Å². The lowest BCUT2D eigenvalue weighted by atomic mass is 9.75. The highest BCUT2D eigenvalue weighted by Gasteiger charge is 2.48. The molecule has 2 aliphatic rings. The lowest BCUT2D eigenvalue weighted by Gasteiger charge is -2.58. The standard InChI is InChI=1S/C25H48N4O2/c1-20-14-22(3,4)28(23(5,6)15-20)26(18-30)12-11-13-27(19-31)29-24(7,8)16-21(2)17-25(29,9)10/h18-21H,11-17H2,1-10H3. The van der Waals surface area contributed by atoms with Crippen molar-refractivity contribution in [3.63, 3.8) is 0 Å². The maximum absolute atomic E-state index is 12.1. The molecule has 2 aliphatic heterocycles. The van der Waals surface area contributed by atoms with E-state index in [9.17, 15) is 9.59 Å². The van der Waals surface area contributed by atoms with Crippen molar-refractivity contribution in [2.24, 2.45) is 11.8 Å². The summed E-state index contributed by atoms with van der Waals surface area (Å²) in [4.78, 5) is 24.3. The van der Waals surface area contributed by atoms with Crippen LogP contribution in [0.4, 0.5) is 0 Å². The molecule has 0 spiro atoms. The summed E-state index contributed by atoms with van der Waals surface area (Å²) in [6, 6.07) is 0. The molecule has 0 aromatic heterocycles. The van der Waals surface area contributed by atoms with Crippen LogP contribution in [-0.2, 0) is 9.59 Å². The summed E-state index contributed by atoms with van der Waals surface area (Å²) in [6.07, 6.45) is 6.95. The summed E-state index contributed by atoms with van der Waals surface area (Å²) in [5.41, 5.74) is -0.336. The van der Waals surface area contributed by atoms with Crippen LogP contribution in [0, 0.1) is 11.8 Å². The summed E-state index contributed by atoms with van der Waals surface area (Å²) in [5, 5.41) is 8.30. The fourth-order valence-corrected chi connectivity index (χ4v) is 7.73. The Bertz CT molecular complexity index is 553. The Hall–Kier alpha value is -1.14. The minimum Gasteiger partial charge on any atom is -0.277 e. The van der Waals surface area contributed by atoms with Gasteiger partial charge in [0.05, 0.1) is 0 Å². The molecular weight excluding hydrogens is 388 g/mol. The van der Waals surface area contributed by atoms with E-state index in [0.29, 0.717) is 24.9 Å². The van der Waals surface area contributed by atoms with E-state index >= 15 is 0 Å². The van der Waals surface area contributed by atoms with Gasteiger partial charge >= 0.3 is 0 Å². The number of nitrogens with zero attached hydrogens (tertiary/aromatic N) is 4. The van der Waals surface area contributed by atoms with Crippen LogP contribution in [-0.4, -0.2) is 68.1 Å². The molecule has 0 saturated carbocycles. The van der Waals surface area contributed by atoms with Crippen molar-refractivity contribution in [2.75, 3.05) is 13.1 Å². The van der Waals surface area contributed by atoms with E-state index in [1.165, 1.54) is 0 Å². The molecular formula is C25H48N4O2. The monoisotopic (exact) mass is 436 g/mol. The SMILES string of the molecule is CC1CC(C)(C)N(N(C=O)CCCN(C=O)N2C(C)(C)CC(C)CC2(C)C)C(C)(C)C1. The van der Waals surface area contributed by atoms with Crippen LogP contribution in [0.25, 0.3) is 0 Å². The average molecular weight is 437 g/mol. The molecule has 31 heavy (non-hydrogen) atoms. The maximum Gasteiger partial charge on any atom is 0.224 e. The van der Waals surface area contributed by atoms with E-state index in [1.807, 2.05) is 10.0 Å². The number of hydrazine groups is 2. The molecule has 2 heterocycles. The van der Waals surface area contributed by atoms with Gasteiger partial charge in [-0.2, -0.15) is 0 Å². The van der Waals surface area contributed by atoms with E-state index in [1.54, 1.807) is 0 Å². The Balaban J connectivity index is 2.12. The molecule has 0 N–H and O–H groups in total. The number of carbonyl (C=O) groups excluding carboxylic acids is 2. The zero-order chi connectivity index (χ0) is 23.8. The number of amides is 2. The smallest absolute Gasteiger partial charge is 0.224 e. The summed E-state index contributed by atoms with van der Waals surface area (Å²) < 4.78 is 0. The molecule has 0 radical (unpaired) electrons. The largest absolute Gasteiger partial charge is 0.277 e. The molecule has 2 fully saturated rings. The fourth-order valence-electron chi connectivity index (χ4n) is 7.73. The second-order valence-corrected chi connectivity index (χ2v) is 12.8. The fraction of sp³-hybridized carbons (Fsp3) is 0.920. The first-order valence-electron chi connectivity index (χ1n) is 12.1. The van der Waals surface area contributed by atoms with E-state index < -0.39 is 0 Å². The van der Waals surface area contributed by atoms with Crippen LogP contribution in [0.1, 0.15) is 101 Å². The van der Waals surface area contributed by atoms with Gasteiger partial charge in [0.25, 0.3) is 0 Å². The Labute approximate surface area is 191 Å². The zero-order valence-electron chi connectivity index (χ0n) is 21.9. The Morgan fingerprint density at radius 2 is 0.903 bits per heavy atom. The third kappa shape index (κ3) is 5.62. The number of hydrogen-bond acceptors (Lipinski definition) is 4. The van der Waals surface area contributed by atoms with Crippen molar-refractivity contribution >= 4 is 12.8 Å². The molecule has 2 amide bonds. The van der Waals surface area contributed by atoms with Crippen molar-refractivity contribution in [3.05, 3.63) is 0 Å². The Kier molecular flexibility index (Phi) is 7.59. The lowest BCUT2D eigenvalue weighted by molar-refractivity contribution is -0.199. The van der Waals surface area contributed by atoms with Gasteiger partial charge in [0.2, 0.25) is 12.8 Å². The van der Waals surface area contributed by atoms with Gasteiger partial charge in [0, 0.05) is 35.2 Å². The first-order chi connectivity index (χ1) is 14.1. The highest BCUT2D eigenvalue weighted by atomic mass is 16.2. The number of rotatable bonds is 8. The minimum atomic E-state index is -0.0839. The van der Waals surface area contributed by atoms with Crippen LogP contribution in [0.3, 0.4) is 0 Å². The van der Waals surface area contributed by atoms with Gasteiger partial charge in [-0.05, 0) is 99.3 Å². The molecule has 6 heteroatoms. The Morgan fingerprint density at radius 1 is 0.645 bits per heavy atom. The predicted octanol–water partition coefficient (Wildman–Crippen LogP) is 4.70. The van der Waals surface area contributed by atoms with Gasteiger partial charge in [0.1, 0.15) is 0 Å². The normalized spacial score (nSPS) is 26.4. The van der Waals surface area contributed by atoms with E-state index in [2.05, 4.69) is 79.3 Å². The van der Waals surface area contributed by atoms with Gasteiger partial charge in [-0.15, -0.1) is 0 Å². The van der Waals surface area contributed by atoms with Crippen LogP contribution in [0.5, 0.6) is 0 Å². The minimum absolute atomic E-state index is 0.0839.